The second-order valence-electron chi connectivity index (χ2n) is 7.09. The minimum atomic E-state index is 0.412. The molecule has 0 bridgehead atoms. The van der Waals surface area contributed by atoms with Gasteiger partial charge in [-0.25, -0.2) is 9.97 Å². The molecule has 0 atom stereocenters. The highest BCUT2D eigenvalue weighted by Crippen LogP contribution is 2.26. The second kappa shape index (κ2) is 7.79. The average molecular weight is 373 g/mol. The van der Waals surface area contributed by atoms with Crippen molar-refractivity contribution in [2.75, 3.05) is 18.0 Å². The molecule has 1 aromatic carbocycles. The Balaban J connectivity index is 1.69. The molecule has 1 aliphatic rings. The maximum atomic E-state index is 9.34. The van der Waals surface area contributed by atoms with E-state index in [2.05, 4.69) is 32.1 Å². The molecule has 3 aromatic rings. The van der Waals surface area contributed by atoms with E-state index >= 15 is 0 Å². The van der Waals surface area contributed by atoms with Crippen molar-refractivity contribution in [3.8, 4) is 17.5 Å². The van der Waals surface area contributed by atoms with Crippen molar-refractivity contribution in [1.29, 1.82) is 5.26 Å². The molecule has 4 rings (SSSR count). The van der Waals surface area contributed by atoms with Gasteiger partial charge >= 0.3 is 0 Å². The zero-order valence-electron chi connectivity index (χ0n) is 16.0. The van der Waals surface area contributed by atoms with Gasteiger partial charge < -0.3 is 10.6 Å². The average Bonchev–Trinajstić information content (AvgIpc) is 3.38. The molecule has 0 unspecified atom stereocenters. The van der Waals surface area contributed by atoms with Gasteiger partial charge in [0.15, 0.2) is 11.6 Å². The Morgan fingerprint density at radius 3 is 2.57 bits per heavy atom. The zero-order valence-corrected chi connectivity index (χ0v) is 16.0. The van der Waals surface area contributed by atoms with E-state index in [4.69, 9.17) is 5.73 Å². The van der Waals surface area contributed by atoms with Crippen molar-refractivity contribution < 1.29 is 0 Å². The molecular formula is C21H23N7. The molecule has 142 valence electrons. The van der Waals surface area contributed by atoms with Crippen LogP contribution in [0.3, 0.4) is 0 Å². The van der Waals surface area contributed by atoms with Crippen molar-refractivity contribution >= 4 is 5.82 Å². The molecule has 1 aliphatic heterocycles. The Morgan fingerprint density at radius 1 is 1.14 bits per heavy atom. The van der Waals surface area contributed by atoms with Crippen LogP contribution >= 0.6 is 0 Å². The van der Waals surface area contributed by atoms with Gasteiger partial charge in [0.1, 0.15) is 0 Å². The number of aryl methyl sites for hydroxylation is 1. The summed E-state index contributed by atoms with van der Waals surface area (Å²) in [6.45, 7) is 2.54. The Hall–Kier alpha value is -3.24. The van der Waals surface area contributed by atoms with E-state index in [1.807, 2.05) is 23.9 Å². The first-order chi connectivity index (χ1) is 13.7. The Labute approximate surface area is 164 Å². The molecule has 1 saturated heterocycles. The number of benzene rings is 1. The highest BCUT2D eigenvalue weighted by Gasteiger charge is 2.18. The highest BCUT2D eigenvalue weighted by atomic mass is 15.3. The number of anilines is 1. The summed E-state index contributed by atoms with van der Waals surface area (Å²) >= 11 is 0. The summed E-state index contributed by atoms with van der Waals surface area (Å²) in [7, 11) is 1.97. The summed E-state index contributed by atoms with van der Waals surface area (Å²) < 4.78 is 1.93. The Morgan fingerprint density at radius 2 is 1.89 bits per heavy atom. The van der Waals surface area contributed by atoms with E-state index in [-0.39, 0.29) is 0 Å². The topological polar surface area (TPSA) is 96.7 Å². The Bertz CT molecular complexity index is 1010. The van der Waals surface area contributed by atoms with E-state index in [9.17, 15) is 5.26 Å². The molecule has 0 spiro atoms. The lowest BCUT2D eigenvalue weighted by Gasteiger charge is -2.12. The fourth-order valence-corrected chi connectivity index (χ4v) is 3.58. The minimum absolute atomic E-state index is 0.412. The zero-order chi connectivity index (χ0) is 19.5. The van der Waals surface area contributed by atoms with Crippen molar-refractivity contribution in [3.63, 3.8) is 0 Å². The number of nitrogens with zero attached hydrogens (tertiary/aromatic N) is 6. The largest absolute Gasteiger partial charge is 0.355 e. The van der Waals surface area contributed by atoms with Crippen molar-refractivity contribution in [3.05, 3.63) is 59.0 Å². The van der Waals surface area contributed by atoms with Gasteiger partial charge in [0.2, 0.25) is 0 Å². The van der Waals surface area contributed by atoms with Crippen LogP contribution in [-0.2, 0) is 20.0 Å². The summed E-state index contributed by atoms with van der Waals surface area (Å²) in [6, 6.07) is 10.0. The van der Waals surface area contributed by atoms with Crippen LogP contribution in [0.4, 0.5) is 5.82 Å². The van der Waals surface area contributed by atoms with Gasteiger partial charge in [0.05, 0.1) is 11.6 Å². The molecule has 7 nitrogen and oxygen atoms in total. The number of aromatic nitrogens is 4. The molecule has 1 fully saturated rings. The third-order valence-corrected chi connectivity index (χ3v) is 5.18. The molecule has 0 radical (unpaired) electrons. The van der Waals surface area contributed by atoms with E-state index < -0.39 is 0 Å². The maximum absolute atomic E-state index is 9.34. The number of rotatable bonds is 5. The summed E-state index contributed by atoms with van der Waals surface area (Å²) in [5.41, 5.74) is 10.2. The van der Waals surface area contributed by atoms with Gasteiger partial charge in [-0.3, -0.25) is 4.68 Å². The van der Waals surface area contributed by atoms with Gasteiger partial charge in [0.25, 0.3) is 0 Å². The predicted octanol–water partition coefficient (Wildman–Crippen LogP) is 2.40. The lowest BCUT2D eigenvalue weighted by Crippen LogP contribution is -2.18. The lowest BCUT2D eigenvalue weighted by molar-refractivity contribution is 0.717. The standard InChI is InChI=1S/C21H23N7/c1-27-18(10-20(26-27)28-6-2-3-7-28)9-17-8-15(11-22)4-5-19(17)21-24-13-16(12-23)14-25-21/h4-5,8,10,13-14H,2-3,6-7,9,12,23H2,1H3. The fraction of sp³-hybridized carbons (Fsp3) is 0.333. The first kappa shape index (κ1) is 18.1. The first-order valence-corrected chi connectivity index (χ1v) is 9.50. The third-order valence-electron chi connectivity index (χ3n) is 5.18. The van der Waals surface area contributed by atoms with Crippen LogP contribution < -0.4 is 10.6 Å². The summed E-state index contributed by atoms with van der Waals surface area (Å²) in [6.07, 6.45) is 6.59. The van der Waals surface area contributed by atoms with E-state index in [0.29, 0.717) is 24.4 Å². The molecule has 28 heavy (non-hydrogen) atoms. The van der Waals surface area contributed by atoms with Crippen molar-refractivity contribution in [1.82, 2.24) is 19.7 Å². The molecule has 2 aromatic heterocycles. The van der Waals surface area contributed by atoms with E-state index in [0.717, 1.165) is 41.3 Å². The minimum Gasteiger partial charge on any atom is -0.355 e. The molecule has 0 saturated carbocycles. The molecule has 0 amide bonds. The predicted molar refractivity (Wildman–Crippen MR) is 108 cm³/mol. The molecule has 2 N–H and O–H groups in total. The van der Waals surface area contributed by atoms with Crippen LogP contribution in [0.2, 0.25) is 0 Å². The van der Waals surface area contributed by atoms with Gasteiger partial charge in [-0.15, -0.1) is 0 Å². The number of hydrogen-bond acceptors (Lipinski definition) is 6. The molecule has 7 heteroatoms. The van der Waals surface area contributed by atoms with Gasteiger partial charge in [-0.1, -0.05) is 0 Å². The normalized spacial score (nSPS) is 13.7. The fourth-order valence-electron chi connectivity index (χ4n) is 3.58. The van der Waals surface area contributed by atoms with Crippen molar-refractivity contribution in [2.45, 2.75) is 25.8 Å². The van der Waals surface area contributed by atoms with Crippen LogP contribution in [0.25, 0.3) is 11.4 Å². The third kappa shape index (κ3) is 3.59. The van der Waals surface area contributed by atoms with Gasteiger partial charge in [-0.2, -0.15) is 10.4 Å². The summed E-state index contributed by atoms with van der Waals surface area (Å²) in [5, 5.41) is 14.0. The number of nitriles is 1. The van der Waals surface area contributed by atoms with E-state index in [1.54, 1.807) is 18.5 Å². The van der Waals surface area contributed by atoms with Crippen LogP contribution in [-0.4, -0.2) is 32.8 Å². The summed E-state index contributed by atoms with van der Waals surface area (Å²) in [5.74, 6) is 1.66. The quantitative estimate of drug-likeness (QED) is 0.738. The number of nitrogens with two attached hydrogens (primary N) is 1. The molecular weight excluding hydrogens is 350 g/mol. The molecule has 3 heterocycles. The Kier molecular flexibility index (Phi) is 5.04. The van der Waals surface area contributed by atoms with Crippen LogP contribution in [0.1, 0.15) is 35.2 Å². The lowest BCUT2D eigenvalue weighted by atomic mass is 9.99. The SMILES string of the molecule is Cn1nc(N2CCCC2)cc1Cc1cc(C#N)ccc1-c1ncc(CN)cn1. The summed E-state index contributed by atoms with van der Waals surface area (Å²) in [4.78, 5) is 11.3. The van der Waals surface area contributed by atoms with Crippen LogP contribution in [0, 0.1) is 11.3 Å². The molecule has 0 aliphatic carbocycles. The van der Waals surface area contributed by atoms with Crippen molar-refractivity contribution in [2.24, 2.45) is 12.8 Å². The van der Waals surface area contributed by atoms with Crippen LogP contribution in [0.5, 0.6) is 0 Å². The second-order valence-corrected chi connectivity index (χ2v) is 7.09. The van der Waals surface area contributed by atoms with Crippen LogP contribution in [0.15, 0.2) is 36.7 Å². The number of hydrogen-bond donors (Lipinski definition) is 1. The van der Waals surface area contributed by atoms with E-state index in [1.165, 1.54) is 12.8 Å². The highest BCUT2D eigenvalue weighted by molar-refractivity contribution is 5.63. The van der Waals surface area contributed by atoms with Gasteiger partial charge in [-0.05, 0) is 36.6 Å². The first-order valence-electron chi connectivity index (χ1n) is 9.50. The monoisotopic (exact) mass is 373 g/mol. The van der Waals surface area contributed by atoms with Gasteiger partial charge in [0, 0.05) is 68.4 Å². The maximum Gasteiger partial charge on any atom is 0.159 e. The smallest absolute Gasteiger partial charge is 0.159 e.